The summed E-state index contributed by atoms with van der Waals surface area (Å²) in [6.07, 6.45) is 6.80. The fourth-order valence-electron chi connectivity index (χ4n) is 2.42. The third kappa shape index (κ3) is 4.84. The van der Waals surface area contributed by atoms with Crippen molar-refractivity contribution in [1.29, 1.82) is 0 Å². The lowest BCUT2D eigenvalue weighted by Gasteiger charge is -2.32. The fraction of sp³-hybridized carbons (Fsp3) is 1.00. The Morgan fingerprint density at radius 3 is 2.31 bits per heavy atom. The Morgan fingerprint density at radius 2 is 1.88 bits per heavy atom. The van der Waals surface area contributed by atoms with E-state index in [2.05, 4.69) is 37.9 Å². The van der Waals surface area contributed by atoms with Gasteiger partial charge in [-0.1, -0.05) is 34.1 Å². The first-order chi connectivity index (χ1) is 7.69. The van der Waals surface area contributed by atoms with Crippen LogP contribution in [0.3, 0.4) is 0 Å². The van der Waals surface area contributed by atoms with Crippen molar-refractivity contribution >= 4 is 0 Å². The number of rotatable bonds is 9. The van der Waals surface area contributed by atoms with Gasteiger partial charge in [0.05, 0.1) is 0 Å². The SMILES string of the molecule is CCCC(CNC(C)C)N(CCC)C1CC1. The van der Waals surface area contributed by atoms with Crippen molar-refractivity contribution in [1.82, 2.24) is 10.2 Å². The molecule has 1 unspecified atom stereocenters. The van der Waals surface area contributed by atoms with Crippen LogP contribution in [0.5, 0.6) is 0 Å². The van der Waals surface area contributed by atoms with Gasteiger partial charge in [0.25, 0.3) is 0 Å². The number of nitrogens with zero attached hydrogens (tertiary/aromatic N) is 1. The third-order valence-corrected chi connectivity index (χ3v) is 3.35. The van der Waals surface area contributed by atoms with E-state index in [0.29, 0.717) is 6.04 Å². The van der Waals surface area contributed by atoms with Crippen LogP contribution in [-0.2, 0) is 0 Å². The van der Waals surface area contributed by atoms with Crippen LogP contribution in [-0.4, -0.2) is 36.1 Å². The summed E-state index contributed by atoms with van der Waals surface area (Å²) in [5.74, 6) is 0. The second kappa shape index (κ2) is 7.29. The van der Waals surface area contributed by atoms with Crippen LogP contribution in [0.4, 0.5) is 0 Å². The molecule has 0 aromatic rings. The predicted molar refractivity (Wildman–Crippen MR) is 71.9 cm³/mol. The standard InChI is InChI=1S/C14H30N2/c1-5-7-14(11-15-12(3)4)16(10-6-2)13-8-9-13/h12-15H,5-11H2,1-4H3. The van der Waals surface area contributed by atoms with Crippen molar-refractivity contribution in [2.24, 2.45) is 0 Å². The minimum absolute atomic E-state index is 0.613. The van der Waals surface area contributed by atoms with Gasteiger partial charge in [0.1, 0.15) is 0 Å². The van der Waals surface area contributed by atoms with Gasteiger partial charge in [-0.05, 0) is 32.2 Å². The molecule has 0 saturated heterocycles. The predicted octanol–water partition coefficient (Wildman–Crippen LogP) is 3.03. The molecule has 1 saturated carbocycles. The van der Waals surface area contributed by atoms with Gasteiger partial charge in [-0.2, -0.15) is 0 Å². The van der Waals surface area contributed by atoms with Crippen LogP contribution in [0.25, 0.3) is 0 Å². The summed E-state index contributed by atoms with van der Waals surface area (Å²) in [7, 11) is 0. The van der Waals surface area contributed by atoms with Crippen LogP contribution in [0.15, 0.2) is 0 Å². The molecule has 1 N–H and O–H groups in total. The maximum Gasteiger partial charge on any atom is 0.0223 e. The maximum atomic E-state index is 3.61. The summed E-state index contributed by atoms with van der Waals surface area (Å²) in [6, 6.07) is 2.28. The zero-order valence-electron chi connectivity index (χ0n) is 11.6. The first kappa shape index (κ1) is 14.0. The average Bonchev–Trinajstić information content (AvgIpc) is 3.05. The maximum absolute atomic E-state index is 3.61. The van der Waals surface area contributed by atoms with E-state index in [4.69, 9.17) is 0 Å². The highest BCUT2D eigenvalue weighted by molar-refractivity contribution is 4.89. The van der Waals surface area contributed by atoms with Crippen molar-refractivity contribution in [2.45, 2.75) is 77.9 Å². The molecule has 96 valence electrons. The van der Waals surface area contributed by atoms with E-state index >= 15 is 0 Å². The highest BCUT2D eigenvalue weighted by Gasteiger charge is 2.32. The molecule has 1 rings (SSSR count). The first-order valence-electron chi connectivity index (χ1n) is 7.18. The molecular formula is C14H30N2. The van der Waals surface area contributed by atoms with Gasteiger partial charge in [0.15, 0.2) is 0 Å². The van der Waals surface area contributed by atoms with E-state index in [9.17, 15) is 0 Å². The summed E-state index contributed by atoms with van der Waals surface area (Å²) in [5.41, 5.74) is 0. The first-order valence-corrected chi connectivity index (χ1v) is 7.18. The van der Waals surface area contributed by atoms with E-state index in [0.717, 1.165) is 12.1 Å². The second-order valence-electron chi connectivity index (χ2n) is 5.47. The summed E-state index contributed by atoms with van der Waals surface area (Å²) in [4.78, 5) is 2.76. The van der Waals surface area contributed by atoms with E-state index in [-0.39, 0.29) is 0 Å². The summed E-state index contributed by atoms with van der Waals surface area (Å²) in [5, 5.41) is 3.61. The van der Waals surface area contributed by atoms with Gasteiger partial charge in [0.2, 0.25) is 0 Å². The monoisotopic (exact) mass is 226 g/mol. The van der Waals surface area contributed by atoms with Crippen molar-refractivity contribution in [3.8, 4) is 0 Å². The van der Waals surface area contributed by atoms with Gasteiger partial charge in [-0.15, -0.1) is 0 Å². The van der Waals surface area contributed by atoms with E-state index < -0.39 is 0 Å². The van der Waals surface area contributed by atoms with Crippen molar-refractivity contribution in [3.63, 3.8) is 0 Å². The minimum atomic E-state index is 0.613. The van der Waals surface area contributed by atoms with Crippen molar-refractivity contribution in [2.75, 3.05) is 13.1 Å². The smallest absolute Gasteiger partial charge is 0.0223 e. The molecule has 2 nitrogen and oxygen atoms in total. The molecule has 2 heteroatoms. The second-order valence-corrected chi connectivity index (χ2v) is 5.47. The van der Waals surface area contributed by atoms with E-state index in [1.54, 1.807) is 0 Å². The Balaban J connectivity index is 2.43. The zero-order chi connectivity index (χ0) is 12.0. The highest BCUT2D eigenvalue weighted by atomic mass is 15.2. The Kier molecular flexibility index (Phi) is 6.37. The van der Waals surface area contributed by atoms with Gasteiger partial charge in [0, 0.05) is 24.7 Å². The molecule has 0 aromatic heterocycles. The molecule has 1 atom stereocenters. The molecule has 0 spiro atoms. The Hall–Kier alpha value is -0.0800. The molecule has 0 aliphatic heterocycles. The fourth-order valence-corrected chi connectivity index (χ4v) is 2.42. The van der Waals surface area contributed by atoms with Crippen LogP contribution >= 0.6 is 0 Å². The Labute approximate surface area is 102 Å². The Morgan fingerprint density at radius 1 is 1.19 bits per heavy atom. The van der Waals surface area contributed by atoms with E-state index in [1.165, 1.54) is 45.2 Å². The molecule has 0 amide bonds. The molecule has 0 aromatic carbocycles. The van der Waals surface area contributed by atoms with Crippen LogP contribution in [0.1, 0.15) is 59.8 Å². The lowest BCUT2D eigenvalue weighted by atomic mass is 10.1. The van der Waals surface area contributed by atoms with Crippen LogP contribution in [0, 0.1) is 0 Å². The lowest BCUT2D eigenvalue weighted by molar-refractivity contribution is 0.169. The molecule has 1 fully saturated rings. The normalized spacial score (nSPS) is 18.4. The molecule has 1 aliphatic rings. The lowest BCUT2D eigenvalue weighted by Crippen LogP contribution is -2.45. The Bertz CT molecular complexity index is 176. The van der Waals surface area contributed by atoms with Gasteiger partial charge < -0.3 is 5.32 Å². The van der Waals surface area contributed by atoms with Crippen LogP contribution in [0.2, 0.25) is 0 Å². The average molecular weight is 226 g/mol. The molecule has 0 radical (unpaired) electrons. The van der Waals surface area contributed by atoms with Gasteiger partial charge in [-0.3, -0.25) is 4.90 Å². The molecule has 1 aliphatic carbocycles. The highest BCUT2D eigenvalue weighted by Crippen LogP contribution is 2.29. The quantitative estimate of drug-likeness (QED) is 0.650. The molecule has 0 heterocycles. The van der Waals surface area contributed by atoms with Crippen molar-refractivity contribution in [3.05, 3.63) is 0 Å². The minimum Gasteiger partial charge on any atom is -0.313 e. The van der Waals surface area contributed by atoms with Crippen LogP contribution < -0.4 is 5.32 Å². The number of hydrogen-bond donors (Lipinski definition) is 1. The topological polar surface area (TPSA) is 15.3 Å². The summed E-state index contributed by atoms with van der Waals surface area (Å²) in [6.45, 7) is 11.5. The summed E-state index contributed by atoms with van der Waals surface area (Å²) < 4.78 is 0. The van der Waals surface area contributed by atoms with E-state index in [1.807, 2.05) is 0 Å². The number of nitrogens with one attached hydrogen (secondary N) is 1. The van der Waals surface area contributed by atoms with Gasteiger partial charge in [-0.25, -0.2) is 0 Å². The summed E-state index contributed by atoms with van der Waals surface area (Å²) >= 11 is 0. The third-order valence-electron chi connectivity index (χ3n) is 3.35. The largest absolute Gasteiger partial charge is 0.313 e. The zero-order valence-corrected chi connectivity index (χ0v) is 11.6. The van der Waals surface area contributed by atoms with Crippen molar-refractivity contribution < 1.29 is 0 Å². The molecule has 0 bridgehead atoms. The molecule has 16 heavy (non-hydrogen) atoms. The number of hydrogen-bond acceptors (Lipinski definition) is 2. The molecular weight excluding hydrogens is 196 g/mol. The van der Waals surface area contributed by atoms with Gasteiger partial charge >= 0.3 is 0 Å².